The first-order valence-corrected chi connectivity index (χ1v) is 5.86. The van der Waals surface area contributed by atoms with E-state index in [2.05, 4.69) is 10.3 Å². The van der Waals surface area contributed by atoms with Gasteiger partial charge in [0.15, 0.2) is 0 Å². The highest BCUT2D eigenvalue weighted by Gasteiger charge is 2.13. The summed E-state index contributed by atoms with van der Waals surface area (Å²) in [5, 5.41) is 5.76. The molecule has 1 N–H and O–H groups in total. The van der Waals surface area contributed by atoms with E-state index < -0.39 is 0 Å². The van der Waals surface area contributed by atoms with Gasteiger partial charge in [-0.05, 0) is 17.7 Å². The molecular weight excluding hydrogens is 232 g/mol. The fourth-order valence-electron chi connectivity index (χ4n) is 1.93. The zero-order valence-corrected chi connectivity index (χ0v) is 9.85. The molecule has 2 aromatic rings. The first kappa shape index (κ1) is 10.4. The Morgan fingerprint density at radius 3 is 2.47 bits per heavy atom. The molecule has 0 radical (unpaired) electrons. The second-order valence-electron chi connectivity index (χ2n) is 3.92. The van der Waals surface area contributed by atoms with E-state index in [9.17, 15) is 0 Å². The van der Waals surface area contributed by atoms with Crippen molar-refractivity contribution in [2.24, 2.45) is 4.99 Å². The minimum atomic E-state index is -0.0985. The molecule has 2 aromatic carbocycles. The van der Waals surface area contributed by atoms with E-state index in [4.69, 9.17) is 11.6 Å². The van der Waals surface area contributed by atoms with E-state index in [0.717, 1.165) is 16.1 Å². The van der Waals surface area contributed by atoms with Gasteiger partial charge >= 0.3 is 0 Å². The van der Waals surface area contributed by atoms with E-state index in [-0.39, 0.29) is 6.17 Å². The molecule has 17 heavy (non-hydrogen) atoms. The molecule has 1 atom stereocenters. The maximum Gasteiger partial charge on any atom is 0.146 e. The molecule has 84 valence electrons. The SMILES string of the molecule is ClC1=c2ccccc2=NC(c2ccccc2)N1. The quantitative estimate of drug-likeness (QED) is 0.760. The third-order valence-electron chi connectivity index (χ3n) is 2.79. The third kappa shape index (κ3) is 1.92. The van der Waals surface area contributed by atoms with Crippen molar-refractivity contribution in [3.05, 3.63) is 70.7 Å². The van der Waals surface area contributed by atoms with Gasteiger partial charge in [0.25, 0.3) is 0 Å². The molecule has 0 bridgehead atoms. The molecule has 0 aliphatic carbocycles. The molecule has 0 fully saturated rings. The van der Waals surface area contributed by atoms with Crippen LogP contribution in [-0.4, -0.2) is 0 Å². The lowest BCUT2D eigenvalue weighted by Crippen LogP contribution is -2.37. The van der Waals surface area contributed by atoms with Crippen LogP contribution in [0, 0.1) is 0 Å². The molecule has 0 spiro atoms. The predicted octanol–water partition coefficient (Wildman–Crippen LogP) is 1.91. The Bertz CT molecular complexity index is 649. The van der Waals surface area contributed by atoms with Crippen LogP contribution in [0.5, 0.6) is 0 Å². The number of hydrogen-bond acceptors (Lipinski definition) is 2. The van der Waals surface area contributed by atoms with Crippen LogP contribution in [0.25, 0.3) is 5.16 Å². The van der Waals surface area contributed by atoms with Gasteiger partial charge in [-0.2, -0.15) is 0 Å². The van der Waals surface area contributed by atoms with Gasteiger partial charge in [-0.15, -0.1) is 0 Å². The Morgan fingerprint density at radius 2 is 1.65 bits per heavy atom. The number of para-hydroxylation sites is 1. The summed E-state index contributed by atoms with van der Waals surface area (Å²) in [5.74, 6) is 0. The molecule has 1 unspecified atom stereocenters. The van der Waals surface area contributed by atoms with Crippen LogP contribution in [0.1, 0.15) is 11.7 Å². The zero-order valence-electron chi connectivity index (χ0n) is 9.10. The molecule has 2 nitrogen and oxygen atoms in total. The summed E-state index contributed by atoms with van der Waals surface area (Å²) in [5.41, 5.74) is 1.11. The van der Waals surface area contributed by atoms with Crippen molar-refractivity contribution in [1.82, 2.24) is 5.32 Å². The molecule has 1 heterocycles. The van der Waals surface area contributed by atoms with Crippen molar-refractivity contribution >= 4 is 16.8 Å². The fourth-order valence-corrected chi connectivity index (χ4v) is 2.20. The lowest BCUT2D eigenvalue weighted by Gasteiger charge is -2.19. The van der Waals surface area contributed by atoms with E-state index in [1.165, 1.54) is 0 Å². The second kappa shape index (κ2) is 4.22. The third-order valence-corrected chi connectivity index (χ3v) is 3.10. The average molecular weight is 243 g/mol. The molecule has 0 saturated heterocycles. The normalized spacial score (nSPS) is 17.9. The second-order valence-corrected chi connectivity index (χ2v) is 4.30. The first-order valence-electron chi connectivity index (χ1n) is 5.49. The van der Waals surface area contributed by atoms with Crippen LogP contribution in [0.2, 0.25) is 0 Å². The smallest absolute Gasteiger partial charge is 0.146 e. The highest BCUT2D eigenvalue weighted by Crippen LogP contribution is 2.17. The largest absolute Gasteiger partial charge is 0.350 e. The van der Waals surface area contributed by atoms with Gasteiger partial charge in [-0.25, -0.2) is 0 Å². The van der Waals surface area contributed by atoms with E-state index in [1.54, 1.807) is 0 Å². The van der Waals surface area contributed by atoms with E-state index in [1.807, 2.05) is 54.6 Å². The van der Waals surface area contributed by atoms with Crippen LogP contribution >= 0.6 is 11.6 Å². The Hall–Kier alpha value is -1.80. The van der Waals surface area contributed by atoms with Crippen LogP contribution in [0.15, 0.2) is 59.6 Å². The van der Waals surface area contributed by atoms with Gasteiger partial charge in [-0.1, -0.05) is 54.1 Å². The summed E-state index contributed by atoms with van der Waals surface area (Å²) in [4.78, 5) is 4.65. The fraction of sp³-hybridized carbons (Fsp3) is 0.0714. The van der Waals surface area contributed by atoms with Crippen molar-refractivity contribution < 1.29 is 0 Å². The Kier molecular flexibility index (Phi) is 2.57. The number of fused-ring (bicyclic) bond motifs is 1. The van der Waals surface area contributed by atoms with Gasteiger partial charge < -0.3 is 5.32 Å². The molecule has 1 aliphatic rings. The molecular formula is C14H11ClN2. The number of hydrogen-bond donors (Lipinski definition) is 1. The molecule has 1 aliphatic heterocycles. The van der Waals surface area contributed by atoms with Crippen LogP contribution in [0.4, 0.5) is 0 Å². The zero-order chi connectivity index (χ0) is 11.7. The monoisotopic (exact) mass is 242 g/mol. The molecule has 0 amide bonds. The van der Waals surface area contributed by atoms with Crippen molar-refractivity contribution in [1.29, 1.82) is 0 Å². The van der Waals surface area contributed by atoms with Gasteiger partial charge in [0, 0.05) is 5.22 Å². The number of nitrogens with one attached hydrogen (secondary N) is 1. The lowest BCUT2D eigenvalue weighted by molar-refractivity contribution is 0.642. The summed E-state index contributed by atoms with van der Waals surface area (Å²) >= 11 is 6.24. The molecule has 0 saturated carbocycles. The van der Waals surface area contributed by atoms with Crippen molar-refractivity contribution in [2.45, 2.75) is 6.17 Å². The summed E-state index contributed by atoms with van der Waals surface area (Å²) < 4.78 is 0. The highest BCUT2D eigenvalue weighted by atomic mass is 35.5. The van der Waals surface area contributed by atoms with Gasteiger partial charge in [0.05, 0.1) is 5.36 Å². The van der Waals surface area contributed by atoms with E-state index in [0.29, 0.717) is 5.16 Å². The Morgan fingerprint density at radius 1 is 0.941 bits per heavy atom. The summed E-state index contributed by atoms with van der Waals surface area (Å²) in [6, 6.07) is 18.0. The Balaban J connectivity index is 2.14. The standard InChI is InChI=1S/C14H11ClN2/c15-13-11-8-4-5-9-12(11)16-14(17-13)10-6-2-1-3-7-10/h1-9,14,17H. The maximum absolute atomic E-state index is 6.24. The highest BCUT2D eigenvalue weighted by molar-refractivity contribution is 6.44. The van der Waals surface area contributed by atoms with Crippen LogP contribution in [-0.2, 0) is 0 Å². The number of nitrogens with zero attached hydrogens (tertiary/aromatic N) is 1. The topological polar surface area (TPSA) is 24.4 Å². The summed E-state index contributed by atoms with van der Waals surface area (Å²) in [6.07, 6.45) is -0.0985. The van der Waals surface area contributed by atoms with Crippen molar-refractivity contribution in [3.63, 3.8) is 0 Å². The minimum absolute atomic E-state index is 0.0985. The maximum atomic E-state index is 6.24. The molecule has 3 heteroatoms. The van der Waals surface area contributed by atoms with Gasteiger partial charge in [0.1, 0.15) is 11.3 Å². The summed E-state index contributed by atoms with van der Waals surface area (Å²) in [6.45, 7) is 0. The van der Waals surface area contributed by atoms with Gasteiger partial charge in [0.2, 0.25) is 0 Å². The van der Waals surface area contributed by atoms with Crippen LogP contribution in [0.3, 0.4) is 0 Å². The van der Waals surface area contributed by atoms with Gasteiger partial charge in [-0.3, -0.25) is 4.99 Å². The number of rotatable bonds is 1. The van der Waals surface area contributed by atoms with Crippen molar-refractivity contribution in [3.8, 4) is 0 Å². The van der Waals surface area contributed by atoms with E-state index >= 15 is 0 Å². The lowest BCUT2D eigenvalue weighted by atomic mass is 10.1. The number of halogens is 1. The summed E-state index contributed by atoms with van der Waals surface area (Å²) in [7, 11) is 0. The Labute approximate surface area is 104 Å². The first-order chi connectivity index (χ1) is 8.34. The van der Waals surface area contributed by atoms with Crippen LogP contribution < -0.4 is 15.9 Å². The molecule has 3 rings (SSSR count). The predicted molar refractivity (Wildman–Crippen MR) is 68.8 cm³/mol. The molecule has 0 aromatic heterocycles. The minimum Gasteiger partial charge on any atom is -0.350 e. The average Bonchev–Trinajstić information content (AvgIpc) is 2.40. The van der Waals surface area contributed by atoms with Crippen molar-refractivity contribution in [2.75, 3.05) is 0 Å². The number of benzene rings is 2.